The molecule has 19 heteroatoms. The van der Waals surface area contributed by atoms with Crippen molar-refractivity contribution in [2.45, 2.75) is 38.7 Å². The van der Waals surface area contributed by atoms with E-state index in [4.69, 9.17) is 29.4 Å². The zero-order chi connectivity index (χ0) is 47.7. The lowest BCUT2D eigenvalue weighted by Gasteiger charge is -2.26. The van der Waals surface area contributed by atoms with E-state index in [-0.39, 0.29) is 116 Å². The number of pyridine rings is 2. The van der Waals surface area contributed by atoms with E-state index in [9.17, 15) is 39.6 Å². The molecule has 0 spiro atoms. The first-order chi connectivity index (χ1) is 32.4. The van der Waals surface area contributed by atoms with Crippen LogP contribution in [0.1, 0.15) is 64.3 Å². The zero-order valence-corrected chi connectivity index (χ0v) is 36.9. The molecule has 67 heavy (non-hydrogen) atoms. The first-order valence-electron chi connectivity index (χ1n) is 21.7. The van der Waals surface area contributed by atoms with Crippen LogP contribution in [0.3, 0.4) is 0 Å². The van der Waals surface area contributed by atoms with Crippen molar-refractivity contribution in [3.63, 3.8) is 0 Å². The van der Waals surface area contributed by atoms with Crippen LogP contribution in [-0.4, -0.2) is 120 Å². The molecule has 0 radical (unpaired) electrons. The molecule has 3 heterocycles. The Morgan fingerprint density at radius 1 is 0.731 bits per heavy atom. The number of Topliss-reactive ketones (excluding diaryl/α,β-unsaturated/α-hetero) is 1. The van der Waals surface area contributed by atoms with E-state index in [1.54, 1.807) is 42.7 Å². The largest absolute Gasteiger partial charge is 0.508 e. The highest BCUT2D eigenvalue weighted by Gasteiger charge is 2.31. The number of aromatic nitrogens is 2. The average Bonchev–Trinajstić information content (AvgIpc) is 3.31. The predicted molar refractivity (Wildman–Crippen MR) is 244 cm³/mol. The van der Waals surface area contributed by atoms with Crippen LogP contribution in [0.2, 0.25) is 0 Å². The molecular weight excluding hydrogens is 869 g/mol. The molecule has 354 valence electrons. The van der Waals surface area contributed by atoms with E-state index in [2.05, 4.69) is 25.9 Å². The molecule has 3 amide bonds. The van der Waals surface area contributed by atoms with Crippen molar-refractivity contribution in [1.82, 2.24) is 25.9 Å². The van der Waals surface area contributed by atoms with Gasteiger partial charge in [-0.2, -0.15) is 0 Å². The fourth-order valence-corrected chi connectivity index (χ4v) is 7.11. The van der Waals surface area contributed by atoms with Gasteiger partial charge in [0.2, 0.25) is 5.91 Å². The lowest BCUT2D eigenvalue weighted by atomic mass is 9.92. The maximum Gasteiger partial charge on any atom is 0.269 e. The van der Waals surface area contributed by atoms with Crippen molar-refractivity contribution in [3.05, 3.63) is 102 Å². The molecule has 3 aromatic carbocycles. The third-order valence-electron chi connectivity index (χ3n) is 10.5. The molecule has 0 saturated carbocycles. The van der Waals surface area contributed by atoms with Crippen LogP contribution >= 0.6 is 0 Å². The van der Waals surface area contributed by atoms with Crippen molar-refractivity contribution in [2.24, 2.45) is 0 Å². The Morgan fingerprint density at radius 3 is 2.15 bits per heavy atom. The lowest BCUT2D eigenvalue weighted by Crippen LogP contribution is -2.32. The van der Waals surface area contributed by atoms with E-state index < -0.39 is 12.0 Å². The smallest absolute Gasteiger partial charge is 0.269 e. The summed E-state index contributed by atoms with van der Waals surface area (Å²) in [4.78, 5) is 58.8. The van der Waals surface area contributed by atoms with E-state index in [0.717, 1.165) is 27.8 Å². The number of nitrogens with two attached hydrogens (primary N) is 1. The molecular formula is C48H54N6O13. The summed E-state index contributed by atoms with van der Waals surface area (Å²) in [5, 5.41) is 47.9. The van der Waals surface area contributed by atoms with Crippen molar-refractivity contribution in [1.29, 1.82) is 0 Å². The number of amides is 3. The molecule has 6 rings (SSSR count). The second-order valence-electron chi connectivity index (χ2n) is 15.2. The van der Waals surface area contributed by atoms with Gasteiger partial charge in [-0.25, -0.2) is 4.98 Å². The van der Waals surface area contributed by atoms with E-state index in [1.807, 2.05) is 13.0 Å². The Hall–Kier alpha value is -7.48. The summed E-state index contributed by atoms with van der Waals surface area (Å²) in [6, 6.07) is 17.0. The number of nitrogens with zero attached hydrogens (tertiary/aromatic N) is 2. The monoisotopic (exact) mass is 922 g/mol. The average molecular weight is 923 g/mol. The van der Waals surface area contributed by atoms with Crippen LogP contribution in [0.5, 0.6) is 34.5 Å². The van der Waals surface area contributed by atoms with Gasteiger partial charge in [-0.1, -0.05) is 31.2 Å². The van der Waals surface area contributed by atoms with Crippen LogP contribution in [0.15, 0.2) is 79.1 Å². The number of nitrogens with one attached hydrogen (secondary N) is 3. The third-order valence-corrected chi connectivity index (χ3v) is 10.5. The summed E-state index contributed by atoms with van der Waals surface area (Å²) in [5.41, 5.74) is 11.2. The van der Waals surface area contributed by atoms with Gasteiger partial charge in [0.1, 0.15) is 46.2 Å². The van der Waals surface area contributed by atoms with Gasteiger partial charge in [0.05, 0.1) is 46.1 Å². The van der Waals surface area contributed by atoms with Crippen molar-refractivity contribution in [2.75, 3.05) is 71.6 Å². The number of nitrogen functional groups attached to an aromatic ring is 1. The Balaban J connectivity index is 0.757. The summed E-state index contributed by atoms with van der Waals surface area (Å²) < 4.78 is 27.8. The van der Waals surface area contributed by atoms with Gasteiger partial charge in [-0.05, 0) is 59.9 Å². The first kappa shape index (κ1) is 49.0. The zero-order valence-electron chi connectivity index (χ0n) is 36.9. The molecule has 0 aliphatic carbocycles. The molecule has 1 unspecified atom stereocenters. The number of ether oxygens (including phenoxy) is 5. The summed E-state index contributed by atoms with van der Waals surface area (Å²) in [7, 11) is 0. The highest BCUT2D eigenvalue weighted by atomic mass is 16.5. The number of anilines is 1. The molecule has 19 nitrogen and oxygen atoms in total. The van der Waals surface area contributed by atoms with Gasteiger partial charge in [0.25, 0.3) is 11.8 Å². The predicted octanol–water partition coefficient (Wildman–Crippen LogP) is 4.36. The summed E-state index contributed by atoms with van der Waals surface area (Å²) in [5.74, 6) is -1.66. The normalized spacial score (nSPS) is 13.0. The van der Waals surface area contributed by atoms with E-state index in [0.29, 0.717) is 50.5 Å². The van der Waals surface area contributed by atoms with Crippen molar-refractivity contribution >= 4 is 29.3 Å². The van der Waals surface area contributed by atoms with Gasteiger partial charge in [0, 0.05) is 67.3 Å². The van der Waals surface area contributed by atoms with E-state index in [1.165, 1.54) is 30.3 Å². The number of benzene rings is 3. The number of phenolic OH excluding ortho intramolecular Hbond substituents is 4. The maximum absolute atomic E-state index is 12.8. The Labute approximate surface area is 386 Å². The highest BCUT2D eigenvalue weighted by Crippen LogP contribution is 2.43. The van der Waals surface area contributed by atoms with Gasteiger partial charge in [-0.3, -0.25) is 24.2 Å². The molecule has 1 aliphatic rings. The Morgan fingerprint density at radius 2 is 1.43 bits per heavy atom. The van der Waals surface area contributed by atoms with Crippen LogP contribution in [0, 0.1) is 0 Å². The SMILES string of the molecule is CCc1c(-c2ccc(C(=O)NCCCNC(=O)CCOCCOCCOCCNC(=O)COc3cc(O)c4c(c3)OC(c3ccc(O)c(O)c3)CC4=O)nc2)cnc(N)c1-c1ccc(O)cc1. The minimum atomic E-state index is -0.772. The Bertz CT molecular complexity index is 2500. The number of ketones is 1. The number of rotatable bonds is 24. The topological polar surface area (TPSA) is 283 Å². The number of aromatic hydroxyl groups is 4. The lowest BCUT2D eigenvalue weighted by molar-refractivity contribution is -0.123. The summed E-state index contributed by atoms with van der Waals surface area (Å²) in [6.45, 7) is 4.17. The molecule has 0 bridgehead atoms. The van der Waals surface area contributed by atoms with Gasteiger partial charge < -0.3 is 65.8 Å². The minimum Gasteiger partial charge on any atom is -0.508 e. The van der Waals surface area contributed by atoms with Gasteiger partial charge in [-0.15, -0.1) is 0 Å². The van der Waals surface area contributed by atoms with Gasteiger partial charge in [0.15, 0.2) is 23.9 Å². The second-order valence-corrected chi connectivity index (χ2v) is 15.2. The third kappa shape index (κ3) is 13.8. The summed E-state index contributed by atoms with van der Waals surface area (Å²) in [6.07, 6.45) is 3.82. The van der Waals surface area contributed by atoms with Crippen LogP contribution in [-0.2, 0) is 30.2 Å². The number of hydrogen-bond acceptors (Lipinski definition) is 16. The molecule has 5 aromatic rings. The van der Waals surface area contributed by atoms with Crippen LogP contribution in [0.4, 0.5) is 5.82 Å². The number of carbonyl (C=O) groups is 4. The number of hydrogen-bond donors (Lipinski definition) is 8. The number of carbonyl (C=O) groups excluding carboxylic acids is 4. The molecule has 2 aromatic heterocycles. The van der Waals surface area contributed by atoms with Gasteiger partial charge >= 0.3 is 0 Å². The molecule has 9 N–H and O–H groups in total. The fourth-order valence-electron chi connectivity index (χ4n) is 7.11. The molecule has 1 aliphatic heterocycles. The minimum absolute atomic E-state index is 0.0123. The molecule has 0 saturated heterocycles. The molecule has 1 atom stereocenters. The Kier molecular flexibility index (Phi) is 17.7. The van der Waals surface area contributed by atoms with Crippen molar-refractivity contribution < 1.29 is 63.3 Å². The first-order valence-corrected chi connectivity index (χ1v) is 21.7. The van der Waals surface area contributed by atoms with Crippen LogP contribution < -0.4 is 31.2 Å². The quantitative estimate of drug-likeness (QED) is 0.0315. The second kappa shape index (κ2) is 24.2. The molecule has 0 fully saturated rings. The van der Waals surface area contributed by atoms with E-state index >= 15 is 0 Å². The maximum atomic E-state index is 12.8. The number of fused-ring (bicyclic) bond motifs is 1. The van der Waals surface area contributed by atoms with Crippen molar-refractivity contribution in [3.8, 4) is 56.8 Å². The highest BCUT2D eigenvalue weighted by molar-refractivity contribution is 6.02. The summed E-state index contributed by atoms with van der Waals surface area (Å²) >= 11 is 0. The standard InChI is InChI=1S/C48H54N6O13/c1-2-34-35(27-54-47(49)45(34)29-4-8-32(55)9-5-29)31-6-10-36(53-26-31)48(62)52-14-3-13-50-43(60)12-16-63-18-20-65-21-19-64-17-15-51-44(61)28-66-33-23-39(58)46-40(59)25-41(67-42(46)24-33)30-7-11-37(56)38(57)22-30/h4-11,22-24,26-27,41,55-58H,2-3,12-21,25,28H2,1H3,(H2,49,54)(H,50,60)(H,51,61)(H,52,62). The van der Waals surface area contributed by atoms with Crippen LogP contribution in [0.25, 0.3) is 22.3 Å². The fraction of sp³-hybridized carbons (Fsp3) is 0.333. The number of phenols is 4.